The number of hydrogen-bond donors (Lipinski definition) is 1. The second-order valence-corrected chi connectivity index (χ2v) is 5.61. The molecule has 1 aliphatic carbocycles. The Bertz CT molecular complexity index is 360. The highest BCUT2D eigenvalue weighted by Gasteiger charge is 2.22. The van der Waals surface area contributed by atoms with E-state index in [1.807, 2.05) is 13.0 Å². The summed E-state index contributed by atoms with van der Waals surface area (Å²) in [7, 11) is 0. The topological polar surface area (TPSA) is 20.2 Å². The fourth-order valence-electron chi connectivity index (χ4n) is 3.01. The summed E-state index contributed by atoms with van der Waals surface area (Å²) >= 11 is 0. The SMILES string of the molecule is Cc1cc(F)cc(C(O)C2CCCCCCC2)c1. The number of aryl methyl sites for hydroxylation is 1. The van der Waals surface area contributed by atoms with Crippen molar-refractivity contribution in [2.75, 3.05) is 0 Å². The van der Waals surface area contributed by atoms with E-state index in [1.165, 1.54) is 44.2 Å². The average Bonchev–Trinajstić information content (AvgIpc) is 2.26. The first kappa shape index (κ1) is 13.5. The molecule has 18 heavy (non-hydrogen) atoms. The molecule has 100 valence electrons. The van der Waals surface area contributed by atoms with Gasteiger partial charge in [-0.25, -0.2) is 4.39 Å². The highest BCUT2D eigenvalue weighted by Crippen LogP contribution is 2.33. The first-order valence-electron chi connectivity index (χ1n) is 7.12. The van der Waals surface area contributed by atoms with Crippen molar-refractivity contribution >= 4 is 0 Å². The highest BCUT2D eigenvalue weighted by atomic mass is 19.1. The normalized spacial score (nSPS) is 20.2. The molecular weight excluding hydrogens is 227 g/mol. The van der Waals surface area contributed by atoms with E-state index < -0.39 is 6.10 Å². The zero-order valence-corrected chi connectivity index (χ0v) is 11.2. The Morgan fingerprint density at radius 2 is 1.67 bits per heavy atom. The zero-order chi connectivity index (χ0) is 13.0. The third-order valence-corrected chi connectivity index (χ3v) is 4.00. The van der Waals surface area contributed by atoms with Gasteiger partial charge in [0.2, 0.25) is 0 Å². The number of aliphatic hydroxyl groups excluding tert-OH is 1. The van der Waals surface area contributed by atoms with Crippen molar-refractivity contribution in [3.05, 3.63) is 35.1 Å². The minimum atomic E-state index is -0.502. The van der Waals surface area contributed by atoms with Gasteiger partial charge in [-0.3, -0.25) is 0 Å². The summed E-state index contributed by atoms with van der Waals surface area (Å²) in [6.45, 7) is 1.87. The second-order valence-electron chi connectivity index (χ2n) is 5.61. The summed E-state index contributed by atoms with van der Waals surface area (Å²) in [4.78, 5) is 0. The van der Waals surface area contributed by atoms with Gasteiger partial charge in [-0.2, -0.15) is 0 Å². The molecule has 2 heteroatoms. The first-order valence-corrected chi connectivity index (χ1v) is 7.12. The number of hydrogen-bond acceptors (Lipinski definition) is 1. The molecule has 2 rings (SSSR count). The first-order chi connectivity index (χ1) is 8.66. The Morgan fingerprint density at radius 1 is 1.06 bits per heavy atom. The molecule has 1 fully saturated rings. The van der Waals surface area contributed by atoms with Crippen LogP contribution >= 0.6 is 0 Å². The number of benzene rings is 1. The molecule has 1 N–H and O–H groups in total. The van der Waals surface area contributed by atoms with Gasteiger partial charge in [0.25, 0.3) is 0 Å². The van der Waals surface area contributed by atoms with Crippen molar-refractivity contribution < 1.29 is 9.50 Å². The number of aliphatic hydroxyl groups is 1. The van der Waals surface area contributed by atoms with Crippen molar-refractivity contribution in [2.24, 2.45) is 5.92 Å². The van der Waals surface area contributed by atoms with Crippen LogP contribution in [0.2, 0.25) is 0 Å². The van der Waals surface area contributed by atoms with Crippen LogP contribution < -0.4 is 0 Å². The Labute approximate surface area is 109 Å². The third-order valence-electron chi connectivity index (χ3n) is 4.00. The van der Waals surface area contributed by atoms with Gasteiger partial charge in [0.05, 0.1) is 6.10 Å². The van der Waals surface area contributed by atoms with E-state index in [1.54, 1.807) is 0 Å². The molecule has 1 aliphatic rings. The molecule has 1 nitrogen and oxygen atoms in total. The molecule has 0 aromatic heterocycles. The quantitative estimate of drug-likeness (QED) is 0.817. The summed E-state index contributed by atoms with van der Waals surface area (Å²) < 4.78 is 13.4. The summed E-state index contributed by atoms with van der Waals surface area (Å²) in [5.74, 6) is 0.0568. The molecule has 1 atom stereocenters. The van der Waals surface area contributed by atoms with Crippen LogP contribution in [0.15, 0.2) is 18.2 Å². The highest BCUT2D eigenvalue weighted by molar-refractivity contribution is 5.25. The zero-order valence-electron chi connectivity index (χ0n) is 11.2. The Hall–Kier alpha value is -0.890. The molecule has 1 saturated carbocycles. The fraction of sp³-hybridized carbons (Fsp3) is 0.625. The lowest BCUT2D eigenvalue weighted by atomic mass is 9.84. The van der Waals surface area contributed by atoms with Crippen LogP contribution in [0.4, 0.5) is 4.39 Å². The van der Waals surface area contributed by atoms with Crippen LogP contribution in [-0.2, 0) is 0 Å². The lowest BCUT2D eigenvalue weighted by Crippen LogP contribution is -2.14. The van der Waals surface area contributed by atoms with E-state index >= 15 is 0 Å². The van der Waals surface area contributed by atoms with E-state index in [2.05, 4.69) is 0 Å². The monoisotopic (exact) mass is 250 g/mol. The maximum absolute atomic E-state index is 13.4. The van der Waals surface area contributed by atoms with Gasteiger partial charge in [-0.1, -0.05) is 38.2 Å². The number of rotatable bonds is 2. The van der Waals surface area contributed by atoms with Crippen LogP contribution in [0.5, 0.6) is 0 Å². The van der Waals surface area contributed by atoms with Gasteiger partial charge < -0.3 is 5.11 Å². The van der Waals surface area contributed by atoms with Gasteiger partial charge in [-0.15, -0.1) is 0 Å². The van der Waals surface area contributed by atoms with Crippen LogP contribution in [-0.4, -0.2) is 5.11 Å². The van der Waals surface area contributed by atoms with Crippen molar-refractivity contribution in [2.45, 2.75) is 58.0 Å². The largest absolute Gasteiger partial charge is 0.388 e. The van der Waals surface area contributed by atoms with Gasteiger partial charge >= 0.3 is 0 Å². The molecule has 1 aromatic carbocycles. The van der Waals surface area contributed by atoms with Crippen LogP contribution in [0, 0.1) is 18.7 Å². The third kappa shape index (κ3) is 3.55. The fourth-order valence-corrected chi connectivity index (χ4v) is 3.01. The van der Waals surface area contributed by atoms with Gasteiger partial charge in [0.15, 0.2) is 0 Å². The minimum Gasteiger partial charge on any atom is -0.388 e. The number of halogens is 1. The molecule has 0 radical (unpaired) electrons. The van der Waals surface area contributed by atoms with Crippen molar-refractivity contribution in [3.8, 4) is 0 Å². The molecule has 0 heterocycles. The maximum Gasteiger partial charge on any atom is 0.123 e. The predicted molar refractivity (Wildman–Crippen MR) is 71.9 cm³/mol. The molecule has 0 spiro atoms. The van der Waals surface area contributed by atoms with Gasteiger partial charge in [0, 0.05) is 0 Å². The Balaban J connectivity index is 2.10. The summed E-state index contributed by atoms with van der Waals surface area (Å²) in [6, 6.07) is 4.90. The lowest BCUT2D eigenvalue weighted by Gasteiger charge is -2.25. The Morgan fingerprint density at radius 3 is 2.28 bits per heavy atom. The molecule has 1 unspecified atom stereocenters. The van der Waals surface area contributed by atoms with E-state index in [-0.39, 0.29) is 5.82 Å². The van der Waals surface area contributed by atoms with Crippen molar-refractivity contribution in [1.82, 2.24) is 0 Å². The molecule has 1 aromatic rings. The van der Waals surface area contributed by atoms with E-state index in [0.717, 1.165) is 24.0 Å². The minimum absolute atomic E-state index is 0.241. The lowest BCUT2D eigenvalue weighted by molar-refractivity contribution is 0.0909. The second kappa shape index (κ2) is 6.33. The summed E-state index contributed by atoms with van der Waals surface area (Å²) in [6.07, 6.45) is 7.87. The van der Waals surface area contributed by atoms with Crippen LogP contribution in [0.3, 0.4) is 0 Å². The summed E-state index contributed by atoms with van der Waals surface area (Å²) in [5, 5.41) is 10.4. The predicted octanol–water partition coefficient (Wildman–Crippen LogP) is 4.53. The molecule has 0 aliphatic heterocycles. The molecule has 0 bridgehead atoms. The Kier molecular flexibility index (Phi) is 4.76. The molecule has 0 amide bonds. The maximum atomic E-state index is 13.4. The molecule has 0 saturated heterocycles. The van der Waals surface area contributed by atoms with Crippen molar-refractivity contribution in [1.29, 1.82) is 0 Å². The van der Waals surface area contributed by atoms with E-state index in [0.29, 0.717) is 5.92 Å². The van der Waals surface area contributed by atoms with E-state index in [4.69, 9.17) is 0 Å². The average molecular weight is 250 g/mol. The molecular formula is C16H23FO. The summed E-state index contributed by atoms with van der Waals surface area (Å²) in [5.41, 5.74) is 1.63. The standard InChI is InChI=1S/C16H23FO/c1-12-9-14(11-15(17)10-12)16(18)13-7-5-3-2-4-6-8-13/h9-11,13,16,18H,2-8H2,1H3. The van der Waals surface area contributed by atoms with Crippen LogP contribution in [0.25, 0.3) is 0 Å². The van der Waals surface area contributed by atoms with Crippen molar-refractivity contribution in [3.63, 3.8) is 0 Å². The van der Waals surface area contributed by atoms with E-state index in [9.17, 15) is 9.50 Å². The van der Waals surface area contributed by atoms with Gasteiger partial charge in [0.1, 0.15) is 5.82 Å². The smallest absolute Gasteiger partial charge is 0.123 e. The van der Waals surface area contributed by atoms with Gasteiger partial charge in [-0.05, 0) is 48.9 Å². The van der Waals surface area contributed by atoms with Crippen LogP contribution in [0.1, 0.15) is 62.2 Å².